The van der Waals surface area contributed by atoms with Crippen LogP contribution in [0.15, 0.2) is 18.2 Å². The summed E-state index contributed by atoms with van der Waals surface area (Å²) in [4.78, 5) is 11.5. The van der Waals surface area contributed by atoms with E-state index in [4.69, 9.17) is 0 Å². The van der Waals surface area contributed by atoms with Gasteiger partial charge in [0, 0.05) is 29.6 Å². The lowest BCUT2D eigenvalue weighted by molar-refractivity contribution is -0.115. The second-order valence-electron chi connectivity index (χ2n) is 6.66. The van der Waals surface area contributed by atoms with Crippen molar-refractivity contribution in [1.82, 2.24) is 0 Å². The Morgan fingerprint density at radius 1 is 1.43 bits per heavy atom. The summed E-state index contributed by atoms with van der Waals surface area (Å²) in [5.41, 5.74) is 3.62. The summed E-state index contributed by atoms with van der Waals surface area (Å²) in [7, 11) is 0. The minimum atomic E-state index is 0.0548. The van der Waals surface area contributed by atoms with Crippen molar-refractivity contribution in [3.05, 3.63) is 23.8 Å². The molecule has 0 spiro atoms. The second-order valence-corrected chi connectivity index (χ2v) is 7.69. The number of benzene rings is 1. The summed E-state index contributed by atoms with van der Waals surface area (Å²) >= 11 is 2.02. The predicted octanol–water partition coefficient (Wildman–Crippen LogP) is 4.29. The number of rotatable bonds is 4. The van der Waals surface area contributed by atoms with Gasteiger partial charge in [-0.1, -0.05) is 26.8 Å². The van der Waals surface area contributed by atoms with Gasteiger partial charge >= 0.3 is 0 Å². The van der Waals surface area contributed by atoms with Gasteiger partial charge in [0.2, 0.25) is 5.91 Å². The van der Waals surface area contributed by atoms with E-state index in [1.54, 1.807) is 0 Å². The minimum Gasteiger partial charge on any atom is -0.381 e. The molecular formula is C17H26N2OS. The average Bonchev–Trinajstić information content (AvgIpc) is 2.41. The Kier molecular flexibility index (Phi) is 5.20. The van der Waals surface area contributed by atoms with Crippen molar-refractivity contribution < 1.29 is 4.79 Å². The van der Waals surface area contributed by atoms with Crippen LogP contribution >= 0.6 is 11.8 Å². The molecule has 1 atom stereocenters. The quantitative estimate of drug-likeness (QED) is 0.872. The number of nitrogens with one attached hydrogen (secondary N) is 2. The molecule has 1 aromatic rings. The predicted molar refractivity (Wildman–Crippen MR) is 93.2 cm³/mol. The topological polar surface area (TPSA) is 41.1 Å². The van der Waals surface area contributed by atoms with Crippen molar-refractivity contribution >= 4 is 29.0 Å². The maximum atomic E-state index is 11.5. The molecule has 0 radical (unpaired) electrons. The molecule has 116 valence electrons. The third-order valence-corrected chi connectivity index (χ3v) is 5.44. The molecule has 0 bridgehead atoms. The van der Waals surface area contributed by atoms with Crippen LogP contribution in [0.25, 0.3) is 0 Å². The molecule has 1 aliphatic rings. The van der Waals surface area contributed by atoms with E-state index in [0.29, 0.717) is 17.9 Å². The van der Waals surface area contributed by atoms with E-state index in [9.17, 15) is 4.79 Å². The molecule has 0 saturated carbocycles. The zero-order valence-corrected chi connectivity index (χ0v) is 14.3. The van der Waals surface area contributed by atoms with Crippen molar-refractivity contribution in [3.63, 3.8) is 0 Å². The van der Waals surface area contributed by atoms with E-state index in [0.717, 1.165) is 17.1 Å². The van der Waals surface area contributed by atoms with Crippen molar-refractivity contribution in [3.8, 4) is 0 Å². The first-order chi connectivity index (χ1) is 9.89. The molecule has 1 fully saturated rings. The van der Waals surface area contributed by atoms with Crippen LogP contribution in [-0.4, -0.2) is 23.5 Å². The fraction of sp³-hybridized carbons (Fsp3) is 0.588. The van der Waals surface area contributed by atoms with Gasteiger partial charge in [-0.3, -0.25) is 4.79 Å². The SMILES string of the molecule is CCC(=O)Nc1ccc(C)c(NC2CSCC(C)(C)C2)c1. The first kappa shape index (κ1) is 16.2. The first-order valence-corrected chi connectivity index (χ1v) is 8.80. The summed E-state index contributed by atoms with van der Waals surface area (Å²) in [6.45, 7) is 8.63. The standard InChI is InChI=1S/C17H26N2OS/c1-5-16(20)19-13-7-6-12(2)15(8-13)18-14-9-17(3,4)11-21-10-14/h6-8,14,18H,5,9-11H2,1-4H3,(H,19,20). The van der Waals surface area contributed by atoms with E-state index in [2.05, 4.69) is 43.5 Å². The zero-order chi connectivity index (χ0) is 15.5. The first-order valence-electron chi connectivity index (χ1n) is 7.64. The summed E-state index contributed by atoms with van der Waals surface area (Å²) in [6, 6.07) is 6.58. The maximum absolute atomic E-state index is 11.5. The molecule has 21 heavy (non-hydrogen) atoms. The average molecular weight is 306 g/mol. The summed E-state index contributed by atoms with van der Waals surface area (Å²) in [6.07, 6.45) is 1.69. The van der Waals surface area contributed by atoms with E-state index in [-0.39, 0.29) is 5.91 Å². The smallest absolute Gasteiger partial charge is 0.224 e. The number of aryl methyl sites for hydroxylation is 1. The highest BCUT2D eigenvalue weighted by Gasteiger charge is 2.28. The molecular weight excluding hydrogens is 280 g/mol. The Labute approximate surface area is 132 Å². The van der Waals surface area contributed by atoms with E-state index in [1.165, 1.54) is 17.7 Å². The molecule has 1 saturated heterocycles. The van der Waals surface area contributed by atoms with Gasteiger partial charge in [-0.05, 0) is 42.2 Å². The molecule has 1 heterocycles. The molecule has 1 unspecified atom stereocenters. The Morgan fingerprint density at radius 3 is 2.86 bits per heavy atom. The molecule has 4 heteroatoms. The summed E-state index contributed by atoms with van der Waals surface area (Å²) in [5.74, 6) is 2.43. The van der Waals surface area contributed by atoms with Gasteiger partial charge in [0.15, 0.2) is 0 Å². The number of thioether (sulfide) groups is 1. The third kappa shape index (κ3) is 4.67. The Bertz CT molecular complexity index is 514. The number of carbonyl (C=O) groups excluding carboxylic acids is 1. The van der Waals surface area contributed by atoms with Gasteiger partial charge in [-0.15, -0.1) is 0 Å². The Hall–Kier alpha value is -1.16. The number of amides is 1. The fourth-order valence-electron chi connectivity index (χ4n) is 2.68. The molecule has 2 rings (SSSR count). The van der Waals surface area contributed by atoms with Gasteiger partial charge in [-0.25, -0.2) is 0 Å². The summed E-state index contributed by atoms with van der Waals surface area (Å²) in [5, 5.41) is 6.59. The molecule has 1 amide bonds. The molecule has 3 nitrogen and oxygen atoms in total. The maximum Gasteiger partial charge on any atom is 0.224 e. The molecule has 0 aromatic heterocycles. The van der Waals surface area contributed by atoms with E-state index >= 15 is 0 Å². The Morgan fingerprint density at radius 2 is 2.19 bits per heavy atom. The number of hydrogen-bond acceptors (Lipinski definition) is 3. The second kappa shape index (κ2) is 6.73. The van der Waals surface area contributed by atoms with E-state index in [1.807, 2.05) is 24.8 Å². The molecule has 1 aromatic carbocycles. The summed E-state index contributed by atoms with van der Waals surface area (Å²) < 4.78 is 0. The van der Waals surface area contributed by atoms with Crippen LogP contribution in [-0.2, 0) is 4.79 Å². The van der Waals surface area contributed by atoms with Crippen molar-refractivity contribution in [2.24, 2.45) is 5.41 Å². The molecule has 2 N–H and O–H groups in total. The van der Waals surface area contributed by atoms with Crippen LogP contribution < -0.4 is 10.6 Å². The largest absolute Gasteiger partial charge is 0.381 e. The number of carbonyl (C=O) groups is 1. The van der Waals surface area contributed by atoms with Crippen LogP contribution in [0, 0.1) is 12.3 Å². The van der Waals surface area contributed by atoms with Crippen LogP contribution in [0.1, 0.15) is 39.2 Å². The van der Waals surface area contributed by atoms with Crippen molar-refractivity contribution in [2.75, 3.05) is 22.1 Å². The normalized spacial score (nSPS) is 20.9. The monoisotopic (exact) mass is 306 g/mol. The molecule has 0 aliphatic carbocycles. The van der Waals surface area contributed by atoms with Crippen LogP contribution in [0.4, 0.5) is 11.4 Å². The van der Waals surface area contributed by atoms with Gasteiger partial charge in [0.1, 0.15) is 0 Å². The minimum absolute atomic E-state index is 0.0548. The molecule has 1 aliphatic heterocycles. The van der Waals surface area contributed by atoms with Crippen LogP contribution in [0.2, 0.25) is 0 Å². The zero-order valence-electron chi connectivity index (χ0n) is 13.5. The Balaban J connectivity index is 2.08. The highest BCUT2D eigenvalue weighted by atomic mass is 32.2. The highest BCUT2D eigenvalue weighted by molar-refractivity contribution is 7.99. The lowest BCUT2D eigenvalue weighted by Gasteiger charge is -2.36. The lowest BCUT2D eigenvalue weighted by Crippen LogP contribution is -2.35. The van der Waals surface area contributed by atoms with Gasteiger partial charge in [0.05, 0.1) is 0 Å². The third-order valence-electron chi connectivity index (χ3n) is 3.81. The van der Waals surface area contributed by atoms with Crippen molar-refractivity contribution in [1.29, 1.82) is 0 Å². The lowest BCUT2D eigenvalue weighted by atomic mass is 9.87. The van der Waals surface area contributed by atoms with Gasteiger partial charge in [0.25, 0.3) is 0 Å². The van der Waals surface area contributed by atoms with Gasteiger partial charge < -0.3 is 10.6 Å². The number of hydrogen-bond donors (Lipinski definition) is 2. The van der Waals surface area contributed by atoms with Gasteiger partial charge in [-0.2, -0.15) is 11.8 Å². The van der Waals surface area contributed by atoms with E-state index < -0.39 is 0 Å². The van der Waals surface area contributed by atoms with Crippen LogP contribution in [0.3, 0.4) is 0 Å². The number of anilines is 2. The highest BCUT2D eigenvalue weighted by Crippen LogP contribution is 2.35. The van der Waals surface area contributed by atoms with Crippen molar-refractivity contribution in [2.45, 2.75) is 46.6 Å². The fourth-order valence-corrected chi connectivity index (χ4v) is 3.95. The van der Waals surface area contributed by atoms with Crippen LogP contribution in [0.5, 0.6) is 0 Å².